The van der Waals surface area contributed by atoms with Crippen molar-refractivity contribution in [1.82, 2.24) is 20.4 Å². The Labute approximate surface area is 100 Å². The molecule has 1 atom stereocenters. The van der Waals surface area contributed by atoms with Crippen molar-refractivity contribution in [3.63, 3.8) is 0 Å². The molecule has 6 heteroatoms. The van der Waals surface area contributed by atoms with Crippen molar-refractivity contribution in [3.05, 3.63) is 11.7 Å². The molecule has 1 saturated heterocycles. The van der Waals surface area contributed by atoms with Crippen LogP contribution >= 0.6 is 0 Å². The summed E-state index contributed by atoms with van der Waals surface area (Å²) in [6, 6.07) is 0.265. The van der Waals surface area contributed by atoms with Crippen molar-refractivity contribution in [2.24, 2.45) is 0 Å². The number of piperidine rings is 1. The molecule has 0 bridgehead atoms. The van der Waals surface area contributed by atoms with Crippen molar-refractivity contribution in [1.29, 1.82) is 0 Å². The van der Waals surface area contributed by atoms with Gasteiger partial charge in [0.05, 0.1) is 6.54 Å². The lowest BCUT2D eigenvalue weighted by atomic mass is 10.0. The van der Waals surface area contributed by atoms with Crippen LogP contribution in [0.15, 0.2) is 4.52 Å². The third-order valence-electron chi connectivity index (χ3n) is 3.02. The highest BCUT2D eigenvalue weighted by Gasteiger charge is 2.23. The fourth-order valence-electron chi connectivity index (χ4n) is 2.06. The predicted octanol–water partition coefficient (Wildman–Crippen LogP) is 1.46. The van der Waals surface area contributed by atoms with Crippen LogP contribution in [0.3, 0.4) is 0 Å². The molecule has 2 heterocycles. The van der Waals surface area contributed by atoms with E-state index in [9.17, 15) is 4.79 Å². The van der Waals surface area contributed by atoms with Crippen LogP contribution in [0.25, 0.3) is 0 Å². The molecule has 0 spiro atoms. The molecule has 6 nitrogen and oxygen atoms in total. The van der Waals surface area contributed by atoms with E-state index in [4.69, 9.17) is 4.52 Å². The van der Waals surface area contributed by atoms with Gasteiger partial charge in [-0.15, -0.1) is 0 Å². The Bertz CT molecular complexity index is 391. The van der Waals surface area contributed by atoms with E-state index in [0.717, 1.165) is 19.4 Å². The molecule has 0 saturated carbocycles. The van der Waals surface area contributed by atoms with Gasteiger partial charge in [0.1, 0.15) is 0 Å². The molecular formula is C11H18N4O2. The molecule has 17 heavy (non-hydrogen) atoms. The Hall–Kier alpha value is -1.59. The van der Waals surface area contributed by atoms with Crippen LogP contribution in [0, 0.1) is 6.92 Å². The summed E-state index contributed by atoms with van der Waals surface area (Å²) in [4.78, 5) is 17.8. The van der Waals surface area contributed by atoms with Crippen LogP contribution in [0.2, 0.25) is 0 Å². The van der Waals surface area contributed by atoms with Crippen molar-refractivity contribution in [2.45, 2.75) is 45.7 Å². The summed E-state index contributed by atoms with van der Waals surface area (Å²) in [5, 5.41) is 6.47. The minimum absolute atomic E-state index is 0.0481. The number of rotatable bonds is 2. The lowest BCUT2D eigenvalue weighted by Gasteiger charge is -2.33. The third-order valence-corrected chi connectivity index (χ3v) is 3.02. The minimum atomic E-state index is -0.0481. The fourth-order valence-corrected chi connectivity index (χ4v) is 2.06. The quantitative estimate of drug-likeness (QED) is 0.846. The molecule has 1 aliphatic heterocycles. The van der Waals surface area contributed by atoms with E-state index in [0.29, 0.717) is 24.3 Å². The molecule has 1 aromatic heterocycles. The summed E-state index contributed by atoms with van der Waals surface area (Å²) >= 11 is 0. The van der Waals surface area contributed by atoms with E-state index < -0.39 is 0 Å². The number of amides is 2. The van der Waals surface area contributed by atoms with Crippen LogP contribution in [-0.4, -0.2) is 33.7 Å². The average molecular weight is 238 g/mol. The smallest absolute Gasteiger partial charge is 0.318 e. The first kappa shape index (κ1) is 11.9. The molecule has 1 N–H and O–H groups in total. The number of aromatic nitrogens is 2. The molecule has 94 valence electrons. The van der Waals surface area contributed by atoms with Gasteiger partial charge in [0.15, 0.2) is 5.82 Å². The highest BCUT2D eigenvalue weighted by atomic mass is 16.5. The molecular weight excluding hydrogens is 220 g/mol. The molecule has 0 aliphatic carbocycles. The zero-order valence-electron chi connectivity index (χ0n) is 10.3. The molecule has 1 aromatic rings. The highest BCUT2D eigenvalue weighted by molar-refractivity contribution is 5.74. The number of urea groups is 1. The summed E-state index contributed by atoms with van der Waals surface area (Å²) in [7, 11) is 0. The van der Waals surface area contributed by atoms with Crippen molar-refractivity contribution in [2.75, 3.05) is 6.54 Å². The van der Waals surface area contributed by atoms with Gasteiger partial charge >= 0.3 is 6.03 Å². The molecule has 1 aliphatic rings. The maximum absolute atomic E-state index is 11.9. The molecule has 0 radical (unpaired) electrons. The lowest BCUT2D eigenvalue weighted by Crippen LogP contribution is -2.47. The molecule has 1 unspecified atom stereocenters. The van der Waals surface area contributed by atoms with E-state index in [-0.39, 0.29) is 6.03 Å². The largest absolute Gasteiger partial charge is 0.337 e. The number of hydrogen-bond donors (Lipinski definition) is 1. The number of nitrogens with zero attached hydrogens (tertiary/aromatic N) is 3. The van der Waals surface area contributed by atoms with Crippen LogP contribution in [0.4, 0.5) is 4.79 Å². The van der Waals surface area contributed by atoms with Gasteiger partial charge in [-0.05, 0) is 33.1 Å². The van der Waals surface area contributed by atoms with Gasteiger partial charge in [-0.1, -0.05) is 5.16 Å². The monoisotopic (exact) mass is 238 g/mol. The summed E-state index contributed by atoms with van der Waals surface area (Å²) in [5.74, 6) is 1.03. The minimum Gasteiger partial charge on any atom is -0.337 e. The SMILES string of the molecule is Cc1noc(CNC(=O)N2CCCCC2C)n1. The Balaban J connectivity index is 1.84. The van der Waals surface area contributed by atoms with Crippen LogP contribution in [0.1, 0.15) is 37.9 Å². The van der Waals surface area contributed by atoms with Gasteiger partial charge in [0.2, 0.25) is 5.89 Å². The zero-order valence-corrected chi connectivity index (χ0v) is 10.3. The number of likely N-dealkylation sites (tertiary alicyclic amines) is 1. The van der Waals surface area contributed by atoms with E-state index in [2.05, 4.69) is 22.4 Å². The van der Waals surface area contributed by atoms with E-state index in [1.807, 2.05) is 4.90 Å². The Morgan fingerprint density at radius 3 is 3.06 bits per heavy atom. The first-order chi connectivity index (χ1) is 8.16. The van der Waals surface area contributed by atoms with Crippen LogP contribution in [0.5, 0.6) is 0 Å². The van der Waals surface area contributed by atoms with Gasteiger partial charge < -0.3 is 14.7 Å². The Morgan fingerprint density at radius 2 is 2.41 bits per heavy atom. The van der Waals surface area contributed by atoms with Gasteiger partial charge in [0.25, 0.3) is 0 Å². The standard InChI is InChI=1S/C11H18N4O2/c1-8-5-3-4-6-15(8)11(16)12-7-10-13-9(2)14-17-10/h8H,3-7H2,1-2H3,(H,12,16). The number of carbonyl (C=O) groups excluding carboxylic acids is 1. The second-order valence-electron chi connectivity index (χ2n) is 4.43. The van der Waals surface area contributed by atoms with Gasteiger partial charge in [0, 0.05) is 12.6 Å². The Kier molecular flexibility index (Phi) is 3.61. The molecule has 2 amide bonds. The zero-order chi connectivity index (χ0) is 12.3. The van der Waals surface area contributed by atoms with Gasteiger partial charge in [-0.25, -0.2) is 4.79 Å². The van der Waals surface area contributed by atoms with E-state index in [1.165, 1.54) is 6.42 Å². The first-order valence-electron chi connectivity index (χ1n) is 6.00. The highest BCUT2D eigenvalue weighted by Crippen LogP contribution is 2.16. The van der Waals surface area contributed by atoms with Crippen LogP contribution in [-0.2, 0) is 6.54 Å². The van der Waals surface area contributed by atoms with Crippen molar-refractivity contribution < 1.29 is 9.32 Å². The topological polar surface area (TPSA) is 71.3 Å². The van der Waals surface area contributed by atoms with Crippen molar-refractivity contribution in [3.8, 4) is 0 Å². The molecule has 1 fully saturated rings. The third kappa shape index (κ3) is 2.95. The Morgan fingerprint density at radius 1 is 1.59 bits per heavy atom. The number of carbonyl (C=O) groups is 1. The maximum atomic E-state index is 11.9. The second kappa shape index (κ2) is 5.16. The summed E-state index contributed by atoms with van der Waals surface area (Å²) in [5.41, 5.74) is 0. The molecule has 2 rings (SSSR count). The maximum Gasteiger partial charge on any atom is 0.318 e. The number of hydrogen-bond acceptors (Lipinski definition) is 4. The van der Waals surface area contributed by atoms with Gasteiger partial charge in [-0.2, -0.15) is 4.98 Å². The first-order valence-corrected chi connectivity index (χ1v) is 6.00. The summed E-state index contributed by atoms with van der Waals surface area (Å²) in [6.07, 6.45) is 3.36. The second-order valence-corrected chi connectivity index (χ2v) is 4.43. The lowest BCUT2D eigenvalue weighted by molar-refractivity contribution is 0.156. The average Bonchev–Trinajstić information content (AvgIpc) is 2.73. The van der Waals surface area contributed by atoms with Gasteiger partial charge in [-0.3, -0.25) is 0 Å². The van der Waals surface area contributed by atoms with Crippen LogP contribution < -0.4 is 5.32 Å². The molecule has 0 aromatic carbocycles. The fraction of sp³-hybridized carbons (Fsp3) is 0.727. The predicted molar refractivity (Wildman–Crippen MR) is 61.3 cm³/mol. The summed E-state index contributed by atoms with van der Waals surface area (Å²) < 4.78 is 4.93. The van der Waals surface area contributed by atoms with Crippen molar-refractivity contribution >= 4 is 6.03 Å². The number of nitrogens with one attached hydrogen (secondary N) is 1. The van der Waals surface area contributed by atoms with E-state index in [1.54, 1.807) is 6.92 Å². The summed E-state index contributed by atoms with van der Waals surface area (Å²) in [6.45, 7) is 4.95. The number of aryl methyl sites for hydroxylation is 1. The normalized spacial score (nSPS) is 20.4. The van der Waals surface area contributed by atoms with E-state index >= 15 is 0 Å².